The molecule has 1 saturated heterocycles. The van der Waals surface area contributed by atoms with Gasteiger partial charge in [-0.05, 0) is 44.6 Å². The Morgan fingerprint density at radius 1 is 1.10 bits per heavy atom. The summed E-state index contributed by atoms with van der Waals surface area (Å²) in [5, 5.41) is 14.2. The van der Waals surface area contributed by atoms with Crippen LogP contribution >= 0.6 is 0 Å². The smallest absolute Gasteiger partial charge is 0.0700 e. The number of likely N-dealkylation sites (tertiary alicyclic amines) is 1. The van der Waals surface area contributed by atoms with Crippen molar-refractivity contribution in [3.05, 3.63) is 0 Å². The lowest BCUT2D eigenvalue weighted by Gasteiger charge is -2.49. The number of rotatable bonds is 4. The van der Waals surface area contributed by atoms with E-state index in [0.717, 1.165) is 25.9 Å². The predicted octanol–water partition coefficient (Wildman–Crippen LogP) is 2.39. The second-order valence-corrected chi connectivity index (χ2v) is 7.77. The lowest BCUT2D eigenvalue weighted by Crippen LogP contribution is -2.55. The van der Waals surface area contributed by atoms with Gasteiger partial charge >= 0.3 is 0 Å². The SMILES string of the molecule is CNCC1(CN2CCC3(O)CCCCC3C2)CCCC1. The predicted molar refractivity (Wildman–Crippen MR) is 82.8 cm³/mol. The number of fused-ring (bicyclic) bond motifs is 1. The number of hydrogen-bond acceptors (Lipinski definition) is 3. The Morgan fingerprint density at radius 3 is 2.60 bits per heavy atom. The fraction of sp³-hybridized carbons (Fsp3) is 1.00. The van der Waals surface area contributed by atoms with Crippen LogP contribution in [0.2, 0.25) is 0 Å². The van der Waals surface area contributed by atoms with Crippen molar-refractivity contribution in [1.29, 1.82) is 0 Å². The van der Waals surface area contributed by atoms with Crippen LogP contribution in [0.15, 0.2) is 0 Å². The minimum absolute atomic E-state index is 0.319. The Bertz CT molecular complexity index is 327. The molecule has 1 aliphatic heterocycles. The van der Waals surface area contributed by atoms with Crippen LogP contribution in [0.25, 0.3) is 0 Å². The number of piperidine rings is 1. The van der Waals surface area contributed by atoms with Gasteiger partial charge in [-0.15, -0.1) is 0 Å². The monoisotopic (exact) mass is 280 g/mol. The van der Waals surface area contributed by atoms with E-state index < -0.39 is 0 Å². The first-order valence-corrected chi connectivity index (χ1v) is 8.75. The van der Waals surface area contributed by atoms with Crippen molar-refractivity contribution in [3.63, 3.8) is 0 Å². The molecule has 0 radical (unpaired) electrons. The van der Waals surface area contributed by atoms with Gasteiger partial charge in [-0.2, -0.15) is 0 Å². The zero-order valence-electron chi connectivity index (χ0n) is 13.2. The maximum Gasteiger partial charge on any atom is 0.0700 e. The van der Waals surface area contributed by atoms with Crippen LogP contribution in [-0.4, -0.2) is 48.8 Å². The first-order valence-electron chi connectivity index (χ1n) is 8.75. The summed E-state index contributed by atoms with van der Waals surface area (Å²) in [5.41, 5.74) is 0.194. The zero-order chi connectivity index (χ0) is 14.1. The van der Waals surface area contributed by atoms with Crippen LogP contribution in [0.1, 0.15) is 57.8 Å². The summed E-state index contributed by atoms with van der Waals surface area (Å²) in [4.78, 5) is 2.67. The van der Waals surface area contributed by atoms with Crippen LogP contribution in [0.4, 0.5) is 0 Å². The summed E-state index contributed by atoms with van der Waals surface area (Å²) in [6, 6.07) is 0. The number of hydrogen-bond donors (Lipinski definition) is 2. The zero-order valence-corrected chi connectivity index (χ0v) is 13.2. The molecule has 0 aromatic carbocycles. The van der Waals surface area contributed by atoms with Gasteiger partial charge in [0.2, 0.25) is 0 Å². The summed E-state index contributed by atoms with van der Waals surface area (Å²) in [7, 11) is 2.09. The van der Waals surface area contributed by atoms with Gasteiger partial charge in [0.05, 0.1) is 5.60 Å². The van der Waals surface area contributed by atoms with E-state index in [0.29, 0.717) is 11.3 Å². The van der Waals surface area contributed by atoms with Gasteiger partial charge < -0.3 is 15.3 Å². The maximum atomic E-state index is 10.8. The van der Waals surface area contributed by atoms with E-state index in [1.54, 1.807) is 0 Å². The lowest BCUT2D eigenvalue weighted by atomic mass is 9.71. The maximum absolute atomic E-state index is 10.8. The molecule has 2 saturated carbocycles. The fourth-order valence-electron chi connectivity index (χ4n) is 5.15. The Kier molecular flexibility index (Phi) is 4.40. The molecule has 3 aliphatic rings. The summed E-state index contributed by atoms with van der Waals surface area (Å²) >= 11 is 0. The van der Waals surface area contributed by atoms with Gasteiger partial charge in [0.25, 0.3) is 0 Å². The molecule has 3 fully saturated rings. The minimum Gasteiger partial charge on any atom is -0.390 e. The number of nitrogens with zero attached hydrogens (tertiary/aromatic N) is 1. The van der Waals surface area contributed by atoms with Crippen molar-refractivity contribution in [2.75, 3.05) is 33.2 Å². The molecule has 2 N–H and O–H groups in total. The van der Waals surface area contributed by atoms with Crippen molar-refractivity contribution in [1.82, 2.24) is 10.2 Å². The Labute approximate surface area is 124 Å². The molecular formula is C17H32N2O. The molecule has 2 unspecified atom stereocenters. The van der Waals surface area contributed by atoms with Crippen molar-refractivity contribution in [3.8, 4) is 0 Å². The summed E-state index contributed by atoms with van der Waals surface area (Å²) in [5.74, 6) is 0.540. The number of aliphatic hydroxyl groups is 1. The van der Waals surface area contributed by atoms with E-state index in [2.05, 4.69) is 17.3 Å². The summed E-state index contributed by atoms with van der Waals surface area (Å²) in [6.45, 7) is 4.67. The lowest BCUT2D eigenvalue weighted by molar-refractivity contribution is -0.100. The molecule has 2 atom stereocenters. The van der Waals surface area contributed by atoms with E-state index in [9.17, 15) is 5.11 Å². The molecule has 2 aliphatic carbocycles. The highest BCUT2D eigenvalue weighted by Gasteiger charge is 2.44. The molecule has 0 amide bonds. The Balaban J connectivity index is 1.61. The molecule has 116 valence electrons. The average molecular weight is 280 g/mol. The van der Waals surface area contributed by atoms with Gasteiger partial charge in [0.15, 0.2) is 0 Å². The van der Waals surface area contributed by atoms with Crippen molar-refractivity contribution in [2.24, 2.45) is 11.3 Å². The molecule has 20 heavy (non-hydrogen) atoms. The molecular weight excluding hydrogens is 248 g/mol. The quantitative estimate of drug-likeness (QED) is 0.830. The number of nitrogens with one attached hydrogen (secondary N) is 1. The van der Waals surface area contributed by atoms with Gasteiger partial charge in [0.1, 0.15) is 0 Å². The third-order valence-electron chi connectivity index (χ3n) is 6.29. The highest BCUT2D eigenvalue weighted by Crippen LogP contribution is 2.43. The average Bonchev–Trinajstić information content (AvgIpc) is 2.88. The van der Waals surface area contributed by atoms with Gasteiger partial charge in [-0.25, -0.2) is 0 Å². The molecule has 0 aromatic rings. The van der Waals surface area contributed by atoms with Gasteiger partial charge in [-0.1, -0.05) is 25.7 Å². The topological polar surface area (TPSA) is 35.5 Å². The first kappa shape index (κ1) is 14.8. The van der Waals surface area contributed by atoms with Crippen LogP contribution in [-0.2, 0) is 0 Å². The largest absolute Gasteiger partial charge is 0.390 e. The van der Waals surface area contributed by atoms with E-state index in [4.69, 9.17) is 0 Å². The van der Waals surface area contributed by atoms with Crippen molar-refractivity contribution < 1.29 is 5.11 Å². The van der Waals surface area contributed by atoms with Crippen LogP contribution in [0.3, 0.4) is 0 Å². The normalized spacial score (nSPS) is 37.8. The second kappa shape index (κ2) is 5.94. The van der Waals surface area contributed by atoms with Crippen LogP contribution in [0, 0.1) is 11.3 Å². The van der Waals surface area contributed by atoms with Crippen molar-refractivity contribution in [2.45, 2.75) is 63.4 Å². The molecule has 3 rings (SSSR count). The second-order valence-electron chi connectivity index (χ2n) is 7.77. The Morgan fingerprint density at radius 2 is 1.85 bits per heavy atom. The van der Waals surface area contributed by atoms with E-state index in [1.807, 2.05) is 0 Å². The fourth-order valence-corrected chi connectivity index (χ4v) is 5.15. The molecule has 0 spiro atoms. The standard InChI is InChI=1S/C17H32N2O/c1-18-13-16(7-4-5-8-16)14-19-11-10-17(20)9-3-2-6-15(17)12-19/h15,18,20H,2-14H2,1H3. The van der Waals surface area contributed by atoms with E-state index in [-0.39, 0.29) is 5.60 Å². The van der Waals surface area contributed by atoms with Gasteiger partial charge in [0, 0.05) is 32.1 Å². The van der Waals surface area contributed by atoms with Crippen LogP contribution < -0.4 is 5.32 Å². The molecule has 0 aromatic heterocycles. The highest BCUT2D eigenvalue weighted by atomic mass is 16.3. The van der Waals surface area contributed by atoms with E-state index >= 15 is 0 Å². The molecule has 3 heteroatoms. The third kappa shape index (κ3) is 2.90. The van der Waals surface area contributed by atoms with Crippen LogP contribution in [0.5, 0.6) is 0 Å². The molecule has 3 nitrogen and oxygen atoms in total. The summed E-state index contributed by atoms with van der Waals surface area (Å²) < 4.78 is 0. The third-order valence-corrected chi connectivity index (χ3v) is 6.29. The summed E-state index contributed by atoms with van der Waals surface area (Å²) in [6.07, 6.45) is 11.4. The molecule has 1 heterocycles. The minimum atomic E-state index is -0.319. The molecule has 0 bridgehead atoms. The van der Waals surface area contributed by atoms with E-state index in [1.165, 1.54) is 58.0 Å². The van der Waals surface area contributed by atoms with Crippen molar-refractivity contribution >= 4 is 0 Å². The first-order chi connectivity index (χ1) is 9.66. The highest BCUT2D eigenvalue weighted by molar-refractivity contribution is 4.98. The van der Waals surface area contributed by atoms with Gasteiger partial charge in [-0.3, -0.25) is 0 Å². The Hall–Kier alpha value is -0.120.